The second-order valence-corrected chi connectivity index (χ2v) is 6.28. The van der Waals surface area contributed by atoms with Crippen LogP contribution in [0.25, 0.3) is 0 Å². The molecule has 0 aliphatic heterocycles. The third-order valence-corrected chi connectivity index (χ3v) is 2.74. The highest BCUT2D eigenvalue weighted by Crippen LogP contribution is 2.18. The van der Waals surface area contributed by atoms with Gasteiger partial charge in [0.15, 0.2) is 0 Å². The van der Waals surface area contributed by atoms with Gasteiger partial charge >= 0.3 is 0 Å². The first-order valence-corrected chi connectivity index (χ1v) is 6.87. The summed E-state index contributed by atoms with van der Waals surface area (Å²) in [6.07, 6.45) is 2.96. The molecule has 0 saturated carbocycles. The van der Waals surface area contributed by atoms with Crippen LogP contribution >= 0.6 is 0 Å². The number of hydrogen-bond acceptors (Lipinski definition) is 3. The third-order valence-electron chi connectivity index (χ3n) is 2.74. The van der Waals surface area contributed by atoms with E-state index in [1.54, 1.807) is 6.26 Å². The van der Waals surface area contributed by atoms with Crippen molar-refractivity contribution in [1.82, 2.24) is 10.2 Å². The quantitative estimate of drug-likeness (QED) is 0.755. The molecule has 3 heteroatoms. The van der Waals surface area contributed by atoms with Gasteiger partial charge in [0.25, 0.3) is 0 Å². The molecular formula is C15H28N2O. The Balaban J connectivity index is 2.48. The molecule has 0 saturated heterocycles. The van der Waals surface area contributed by atoms with Gasteiger partial charge in [-0.05, 0) is 31.5 Å². The normalized spacial score (nSPS) is 12.3. The van der Waals surface area contributed by atoms with Gasteiger partial charge in [0.2, 0.25) is 0 Å². The zero-order chi connectivity index (χ0) is 13.6. The molecule has 18 heavy (non-hydrogen) atoms. The van der Waals surface area contributed by atoms with Crippen LogP contribution in [-0.2, 0) is 13.1 Å². The van der Waals surface area contributed by atoms with Crippen LogP contribution in [0.5, 0.6) is 0 Å². The third kappa shape index (κ3) is 5.69. The zero-order valence-corrected chi connectivity index (χ0v) is 12.5. The zero-order valence-electron chi connectivity index (χ0n) is 12.5. The van der Waals surface area contributed by atoms with Crippen LogP contribution in [-0.4, -0.2) is 25.0 Å². The summed E-state index contributed by atoms with van der Waals surface area (Å²) in [5.41, 5.74) is 1.60. The molecule has 1 aromatic heterocycles. The summed E-state index contributed by atoms with van der Waals surface area (Å²) in [5.74, 6) is 1.09. The maximum atomic E-state index is 5.60. The number of furan rings is 1. The van der Waals surface area contributed by atoms with Crippen LogP contribution in [0.15, 0.2) is 16.7 Å². The van der Waals surface area contributed by atoms with Crippen LogP contribution in [0, 0.1) is 5.41 Å². The fraction of sp³-hybridized carbons (Fsp3) is 0.733. The van der Waals surface area contributed by atoms with Crippen molar-refractivity contribution in [2.45, 2.75) is 47.2 Å². The molecule has 1 rings (SSSR count). The van der Waals surface area contributed by atoms with Crippen LogP contribution in [0.2, 0.25) is 0 Å². The van der Waals surface area contributed by atoms with Crippen LogP contribution in [0.1, 0.15) is 45.4 Å². The number of rotatable bonds is 7. The first-order chi connectivity index (χ1) is 8.42. The first kappa shape index (κ1) is 15.3. The van der Waals surface area contributed by atoms with Gasteiger partial charge in [-0.3, -0.25) is 4.90 Å². The highest BCUT2D eigenvalue weighted by Gasteiger charge is 2.15. The average molecular weight is 252 g/mol. The standard InChI is InChI=1S/C15H28N2O/c1-6-8-16-10-13-7-9-18-14(13)11-17(5)12-15(2,3)4/h7,9,16H,6,8,10-12H2,1-5H3. The van der Waals surface area contributed by atoms with Gasteiger partial charge in [-0.1, -0.05) is 27.7 Å². The van der Waals surface area contributed by atoms with E-state index in [4.69, 9.17) is 4.42 Å². The van der Waals surface area contributed by atoms with Crippen LogP contribution in [0.3, 0.4) is 0 Å². The lowest BCUT2D eigenvalue weighted by Gasteiger charge is -2.26. The Morgan fingerprint density at radius 1 is 1.33 bits per heavy atom. The molecule has 0 aliphatic rings. The number of nitrogens with one attached hydrogen (secondary N) is 1. The summed E-state index contributed by atoms with van der Waals surface area (Å²) < 4.78 is 5.60. The molecule has 3 nitrogen and oxygen atoms in total. The van der Waals surface area contributed by atoms with Crippen molar-refractivity contribution in [2.75, 3.05) is 20.1 Å². The molecule has 0 aliphatic carbocycles. The van der Waals surface area contributed by atoms with Crippen LogP contribution < -0.4 is 5.32 Å². The fourth-order valence-electron chi connectivity index (χ4n) is 2.17. The van der Waals surface area contributed by atoms with Crippen molar-refractivity contribution in [2.24, 2.45) is 5.41 Å². The fourth-order valence-corrected chi connectivity index (χ4v) is 2.17. The van der Waals surface area contributed by atoms with E-state index in [2.05, 4.69) is 51.0 Å². The van der Waals surface area contributed by atoms with E-state index in [9.17, 15) is 0 Å². The summed E-state index contributed by atoms with van der Waals surface area (Å²) in [6, 6.07) is 2.07. The van der Waals surface area contributed by atoms with E-state index in [1.165, 1.54) is 5.56 Å². The summed E-state index contributed by atoms with van der Waals surface area (Å²) >= 11 is 0. The lowest BCUT2D eigenvalue weighted by molar-refractivity contribution is 0.207. The molecule has 0 radical (unpaired) electrons. The topological polar surface area (TPSA) is 28.4 Å². The average Bonchev–Trinajstić information content (AvgIpc) is 2.63. The van der Waals surface area contributed by atoms with Gasteiger partial charge in [-0.2, -0.15) is 0 Å². The highest BCUT2D eigenvalue weighted by atomic mass is 16.3. The molecule has 0 fully saturated rings. The second-order valence-electron chi connectivity index (χ2n) is 6.28. The Hall–Kier alpha value is -0.800. The van der Waals surface area contributed by atoms with Crippen LogP contribution in [0.4, 0.5) is 0 Å². The van der Waals surface area contributed by atoms with Gasteiger partial charge in [0.05, 0.1) is 12.8 Å². The number of nitrogens with zero attached hydrogens (tertiary/aromatic N) is 1. The van der Waals surface area contributed by atoms with E-state index in [0.717, 1.165) is 38.4 Å². The molecule has 104 valence electrons. The van der Waals surface area contributed by atoms with E-state index < -0.39 is 0 Å². The minimum Gasteiger partial charge on any atom is -0.468 e. The molecule has 0 atom stereocenters. The largest absolute Gasteiger partial charge is 0.468 e. The van der Waals surface area contributed by atoms with Crippen molar-refractivity contribution < 1.29 is 4.42 Å². The summed E-state index contributed by atoms with van der Waals surface area (Å²) in [4.78, 5) is 2.32. The Morgan fingerprint density at radius 2 is 2.06 bits per heavy atom. The predicted molar refractivity (Wildman–Crippen MR) is 76.5 cm³/mol. The SMILES string of the molecule is CCCNCc1ccoc1CN(C)CC(C)(C)C. The van der Waals surface area contributed by atoms with E-state index in [0.29, 0.717) is 5.41 Å². The van der Waals surface area contributed by atoms with E-state index in [-0.39, 0.29) is 0 Å². The maximum absolute atomic E-state index is 5.60. The Labute approximate surface area is 112 Å². The monoisotopic (exact) mass is 252 g/mol. The molecule has 0 aromatic carbocycles. The second kappa shape index (κ2) is 6.95. The lowest BCUT2D eigenvalue weighted by Crippen LogP contribution is -2.29. The molecular weight excluding hydrogens is 224 g/mol. The predicted octanol–water partition coefficient (Wildman–Crippen LogP) is 3.26. The number of hydrogen-bond donors (Lipinski definition) is 1. The van der Waals surface area contributed by atoms with Gasteiger partial charge in [0, 0.05) is 18.7 Å². The van der Waals surface area contributed by atoms with E-state index in [1.807, 2.05) is 0 Å². The minimum absolute atomic E-state index is 0.321. The molecule has 1 N–H and O–H groups in total. The molecule has 0 spiro atoms. The van der Waals surface area contributed by atoms with Gasteiger partial charge < -0.3 is 9.73 Å². The van der Waals surface area contributed by atoms with Gasteiger partial charge in [0.1, 0.15) is 5.76 Å². The Kier molecular flexibility index (Phi) is 5.89. The smallest absolute Gasteiger partial charge is 0.122 e. The van der Waals surface area contributed by atoms with Crippen molar-refractivity contribution in [1.29, 1.82) is 0 Å². The van der Waals surface area contributed by atoms with Crippen molar-refractivity contribution in [3.63, 3.8) is 0 Å². The van der Waals surface area contributed by atoms with Crippen molar-refractivity contribution >= 4 is 0 Å². The lowest BCUT2D eigenvalue weighted by atomic mass is 9.96. The molecule has 1 aromatic rings. The Morgan fingerprint density at radius 3 is 2.67 bits per heavy atom. The first-order valence-electron chi connectivity index (χ1n) is 6.87. The molecule has 0 amide bonds. The van der Waals surface area contributed by atoms with Crippen molar-refractivity contribution in [3.8, 4) is 0 Å². The molecule has 1 heterocycles. The summed E-state index contributed by atoms with van der Waals surface area (Å²) in [6.45, 7) is 12.9. The Bertz CT molecular complexity index is 339. The van der Waals surface area contributed by atoms with Crippen molar-refractivity contribution in [3.05, 3.63) is 23.7 Å². The van der Waals surface area contributed by atoms with E-state index >= 15 is 0 Å². The maximum Gasteiger partial charge on any atom is 0.122 e. The highest BCUT2D eigenvalue weighted by molar-refractivity contribution is 5.16. The summed E-state index contributed by atoms with van der Waals surface area (Å²) in [5, 5.41) is 3.42. The minimum atomic E-state index is 0.321. The molecule has 0 unspecified atom stereocenters. The van der Waals surface area contributed by atoms with Gasteiger partial charge in [-0.25, -0.2) is 0 Å². The molecule has 0 bridgehead atoms. The van der Waals surface area contributed by atoms with Gasteiger partial charge in [-0.15, -0.1) is 0 Å². The summed E-state index contributed by atoms with van der Waals surface area (Å²) in [7, 11) is 2.15.